The molecule has 0 amide bonds. The van der Waals surface area contributed by atoms with Gasteiger partial charge in [0.2, 0.25) is 5.95 Å². The van der Waals surface area contributed by atoms with Crippen molar-refractivity contribution in [1.29, 1.82) is 0 Å². The molecule has 11 aromatic rings. The highest BCUT2D eigenvalue weighted by Crippen LogP contribution is 2.45. The second-order valence-corrected chi connectivity index (χ2v) is 14.1. The van der Waals surface area contributed by atoms with Gasteiger partial charge in [0.05, 0.1) is 26.8 Å². The standard InChI is InChI=1S/C46H28N6S/c1-5-15-29(16-6-1)43-48-44(30-17-7-2-8-18-30)50-46(49-43)52-36-24-14-13-23-33(36)34-25-26-35-39-38(53-42(35)41(34)52)28-27-37-40(39)47-45(31-19-9-3-10-20-31)51(37)32-21-11-4-12-22-32/h1-28H. The Bertz CT molecular complexity index is 3090. The molecule has 4 aromatic heterocycles. The van der Waals surface area contributed by atoms with E-state index in [0.29, 0.717) is 17.6 Å². The molecular weight excluding hydrogens is 669 g/mol. The van der Waals surface area contributed by atoms with E-state index in [2.05, 4.69) is 112 Å². The number of thiophene rings is 1. The Balaban J connectivity index is 1.24. The van der Waals surface area contributed by atoms with Crippen molar-refractivity contribution in [2.75, 3.05) is 0 Å². The van der Waals surface area contributed by atoms with Crippen LogP contribution in [0.25, 0.3) is 98.8 Å². The quantitative estimate of drug-likeness (QED) is 0.180. The van der Waals surface area contributed by atoms with Gasteiger partial charge in [-0.25, -0.2) is 9.97 Å². The van der Waals surface area contributed by atoms with Crippen molar-refractivity contribution in [3.05, 3.63) is 170 Å². The normalized spacial score (nSPS) is 11.8. The molecule has 11 rings (SSSR count). The first-order valence-electron chi connectivity index (χ1n) is 17.6. The van der Waals surface area contributed by atoms with Crippen LogP contribution in [-0.2, 0) is 0 Å². The molecule has 0 unspecified atom stereocenters. The number of fused-ring (bicyclic) bond motifs is 9. The smallest absolute Gasteiger partial charge is 0.238 e. The van der Waals surface area contributed by atoms with Crippen LogP contribution in [0.3, 0.4) is 0 Å². The van der Waals surface area contributed by atoms with Gasteiger partial charge < -0.3 is 0 Å². The van der Waals surface area contributed by atoms with E-state index in [-0.39, 0.29) is 0 Å². The Kier molecular flexibility index (Phi) is 6.62. The van der Waals surface area contributed by atoms with Crippen LogP contribution in [0.4, 0.5) is 0 Å². The lowest BCUT2D eigenvalue weighted by atomic mass is 10.1. The molecule has 0 aliphatic carbocycles. The predicted molar refractivity (Wildman–Crippen MR) is 218 cm³/mol. The number of rotatable bonds is 5. The number of hydrogen-bond donors (Lipinski definition) is 0. The minimum absolute atomic E-state index is 0.582. The summed E-state index contributed by atoms with van der Waals surface area (Å²) in [6, 6.07) is 58.8. The summed E-state index contributed by atoms with van der Waals surface area (Å²) in [7, 11) is 0. The average molecular weight is 697 g/mol. The Morgan fingerprint density at radius 2 is 1.00 bits per heavy atom. The summed E-state index contributed by atoms with van der Waals surface area (Å²) < 4.78 is 6.86. The van der Waals surface area contributed by atoms with Gasteiger partial charge in [0.15, 0.2) is 11.6 Å². The summed E-state index contributed by atoms with van der Waals surface area (Å²) in [6.07, 6.45) is 0. The summed E-state index contributed by atoms with van der Waals surface area (Å²) in [6.45, 7) is 0. The summed E-state index contributed by atoms with van der Waals surface area (Å²) in [4.78, 5) is 20.8. The highest BCUT2D eigenvalue weighted by molar-refractivity contribution is 7.26. The fraction of sp³-hybridized carbons (Fsp3) is 0. The van der Waals surface area contributed by atoms with Crippen LogP contribution in [0.5, 0.6) is 0 Å². The van der Waals surface area contributed by atoms with Crippen molar-refractivity contribution in [1.82, 2.24) is 29.1 Å². The predicted octanol–water partition coefficient (Wildman–Crippen LogP) is 11.7. The third kappa shape index (κ3) is 4.64. The van der Waals surface area contributed by atoms with Crippen molar-refractivity contribution < 1.29 is 0 Å². The van der Waals surface area contributed by atoms with Crippen molar-refractivity contribution in [3.63, 3.8) is 0 Å². The summed E-state index contributed by atoms with van der Waals surface area (Å²) in [5.74, 6) is 2.76. The van der Waals surface area contributed by atoms with E-state index in [1.54, 1.807) is 11.3 Å². The topological polar surface area (TPSA) is 61.4 Å². The van der Waals surface area contributed by atoms with Crippen LogP contribution in [0.2, 0.25) is 0 Å². The zero-order valence-electron chi connectivity index (χ0n) is 28.3. The Labute approximate surface area is 307 Å². The van der Waals surface area contributed by atoms with Gasteiger partial charge in [-0.3, -0.25) is 9.13 Å². The lowest BCUT2D eigenvalue weighted by Gasteiger charge is -2.11. The monoisotopic (exact) mass is 696 g/mol. The summed E-state index contributed by atoms with van der Waals surface area (Å²) in [5, 5.41) is 4.61. The SMILES string of the molecule is c1ccc(-c2nc(-c3ccccc3)nc(-n3c4ccccc4c4ccc5c(sc6ccc7c(nc(-c8ccccc8)n7-c7ccccc7)c65)c43)n2)cc1. The van der Waals surface area contributed by atoms with Crippen LogP contribution in [0.15, 0.2) is 170 Å². The number of aromatic nitrogens is 6. The molecule has 0 N–H and O–H groups in total. The second kappa shape index (κ2) is 11.8. The molecule has 248 valence electrons. The molecule has 0 atom stereocenters. The third-order valence-corrected chi connectivity index (χ3v) is 11.2. The van der Waals surface area contributed by atoms with Crippen LogP contribution >= 0.6 is 11.3 Å². The van der Waals surface area contributed by atoms with E-state index in [9.17, 15) is 0 Å². The summed E-state index contributed by atoms with van der Waals surface area (Å²) in [5.41, 5.74) is 8.19. The highest BCUT2D eigenvalue weighted by Gasteiger charge is 2.23. The maximum absolute atomic E-state index is 5.43. The number of hydrogen-bond acceptors (Lipinski definition) is 5. The minimum atomic E-state index is 0.582. The van der Waals surface area contributed by atoms with Crippen LogP contribution in [0.1, 0.15) is 0 Å². The molecule has 6 nitrogen and oxygen atoms in total. The maximum atomic E-state index is 5.43. The van der Waals surface area contributed by atoms with Gasteiger partial charge in [-0.15, -0.1) is 11.3 Å². The van der Waals surface area contributed by atoms with Gasteiger partial charge in [-0.05, 0) is 30.3 Å². The van der Waals surface area contributed by atoms with E-state index < -0.39 is 0 Å². The number of benzene rings is 7. The minimum Gasteiger partial charge on any atom is -0.292 e. The highest BCUT2D eigenvalue weighted by atomic mass is 32.1. The van der Waals surface area contributed by atoms with Gasteiger partial charge in [0.25, 0.3) is 0 Å². The molecule has 4 heterocycles. The van der Waals surface area contributed by atoms with Gasteiger partial charge in [-0.1, -0.05) is 140 Å². The maximum Gasteiger partial charge on any atom is 0.238 e. The first kappa shape index (κ1) is 29.7. The lowest BCUT2D eigenvalue weighted by Crippen LogP contribution is -2.06. The van der Waals surface area contributed by atoms with Crippen molar-refractivity contribution in [2.24, 2.45) is 0 Å². The van der Waals surface area contributed by atoms with Gasteiger partial charge >= 0.3 is 0 Å². The fourth-order valence-electron chi connectivity index (χ4n) is 7.63. The molecule has 0 saturated carbocycles. The zero-order chi connectivity index (χ0) is 34.9. The average Bonchev–Trinajstić information content (AvgIpc) is 3.92. The van der Waals surface area contributed by atoms with Crippen LogP contribution < -0.4 is 0 Å². The molecule has 7 heteroatoms. The summed E-state index contributed by atoms with van der Waals surface area (Å²) >= 11 is 1.80. The molecular formula is C46H28N6S. The van der Waals surface area contributed by atoms with Gasteiger partial charge in [0, 0.05) is 48.6 Å². The largest absolute Gasteiger partial charge is 0.292 e. The molecule has 0 aliphatic heterocycles. The van der Waals surface area contributed by atoms with E-state index in [1.165, 1.54) is 9.40 Å². The molecule has 0 aliphatic rings. The van der Waals surface area contributed by atoms with Crippen molar-refractivity contribution in [2.45, 2.75) is 0 Å². The van der Waals surface area contributed by atoms with Crippen molar-refractivity contribution in [3.8, 4) is 45.8 Å². The molecule has 7 aromatic carbocycles. The Morgan fingerprint density at radius 1 is 0.415 bits per heavy atom. The molecule has 0 radical (unpaired) electrons. The van der Waals surface area contributed by atoms with Crippen LogP contribution in [-0.4, -0.2) is 29.1 Å². The van der Waals surface area contributed by atoms with E-state index in [4.69, 9.17) is 19.9 Å². The van der Waals surface area contributed by atoms with Gasteiger partial charge in [0.1, 0.15) is 5.82 Å². The molecule has 53 heavy (non-hydrogen) atoms. The number of nitrogens with zero attached hydrogens (tertiary/aromatic N) is 6. The first-order chi connectivity index (χ1) is 26.3. The number of para-hydroxylation sites is 2. The Hall–Kier alpha value is -6.96. The Morgan fingerprint density at radius 3 is 1.68 bits per heavy atom. The molecule has 0 saturated heterocycles. The second-order valence-electron chi connectivity index (χ2n) is 13.1. The van der Waals surface area contributed by atoms with Crippen molar-refractivity contribution >= 4 is 64.3 Å². The van der Waals surface area contributed by atoms with E-state index >= 15 is 0 Å². The lowest BCUT2D eigenvalue weighted by molar-refractivity contribution is 0.955. The fourth-order valence-corrected chi connectivity index (χ4v) is 8.88. The van der Waals surface area contributed by atoms with Crippen LogP contribution in [0, 0.1) is 0 Å². The number of imidazole rings is 1. The molecule has 0 fully saturated rings. The first-order valence-corrected chi connectivity index (χ1v) is 18.4. The van der Waals surface area contributed by atoms with E-state index in [1.807, 2.05) is 66.7 Å². The molecule has 0 bridgehead atoms. The van der Waals surface area contributed by atoms with Gasteiger partial charge in [-0.2, -0.15) is 9.97 Å². The third-order valence-electron chi connectivity index (χ3n) is 9.99. The molecule has 0 spiro atoms. The van der Waals surface area contributed by atoms with E-state index in [0.717, 1.165) is 71.8 Å². The zero-order valence-corrected chi connectivity index (χ0v) is 29.1.